The van der Waals surface area contributed by atoms with Gasteiger partial charge in [0.05, 0.1) is 16.8 Å². The first-order valence-corrected chi connectivity index (χ1v) is 9.99. The molecule has 5 rings (SSSR count). The molecule has 1 aromatic heterocycles. The molecule has 1 aliphatic rings. The molecule has 0 atom stereocenters. The van der Waals surface area contributed by atoms with Crippen LogP contribution < -0.4 is 4.90 Å². The van der Waals surface area contributed by atoms with Gasteiger partial charge in [-0.2, -0.15) is 0 Å². The normalized spacial score (nSPS) is 13.0. The summed E-state index contributed by atoms with van der Waals surface area (Å²) in [4.78, 5) is 20.4. The fourth-order valence-corrected chi connectivity index (χ4v) is 4.29. The summed E-state index contributed by atoms with van der Waals surface area (Å²) in [7, 11) is 0. The van der Waals surface area contributed by atoms with E-state index in [4.69, 9.17) is 4.98 Å². The number of hydrogen-bond donors (Lipinski definition) is 0. The predicted molar refractivity (Wildman–Crippen MR) is 118 cm³/mol. The number of pyridine rings is 1. The lowest BCUT2D eigenvalue weighted by atomic mass is 9.99. The molecule has 29 heavy (non-hydrogen) atoms. The molecule has 3 nitrogen and oxygen atoms in total. The van der Waals surface area contributed by atoms with Gasteiger partial charge in [-0.15, -0.1) is 0 Å². The van der Waals surface area contributed by atoms with Crippen LogP contribution in [0.3, 0.4) is 0 Å². The number of para-hydroxylation sites is 2. The summed E-state index contributed by atoms with van der Waals surface area (Å²) < 4.78 is 0. The first-order chi connectivity index (χ1) is 14.1. The zero-order chi connectivity index (χ0) is 20.0. The summed E-state index contributed by atoms with van der Waals surface area (Å²) in [6.45, 7) is 4.90. The van der Waals surface area contributed by atoms with Crippen LogP contribution in [0.4, 0.5) is 5.69 Å². The lowest BCUT2D eigenvalue weighted by Crippen LogP contribution is -2.29. The molecule has 3 heteroatoms. The average molecular weight is 378 g/mol. The van der Waals surface area contributed by atoms with E-state index in [1.54, 1.807) is 0 Å². The number of aromatic nitrogens is 1. The first kappa shape index (κ1) is 17.6. The molecule has 0 bridgehead atoms. The number of fused-ring (bicyclic) bond motifs is 2. The number of nitrogens with zero attached hydrogens (tertiary/aromatic N) is 2. The van der Waals surface area contributed by atoms with Crippen molar-refractivity contribution in [2.24, 2.45) is 0 Å². The van der Waals surface area contributed by atoms with E-state index in [1.165, 1.54) is 11.1 Å². The van der Waals surface area contributed by atoms with Gasteiger partial charge in [-0.3, -0.25) is 4.79 Å². The molecule has 0 aliphatic carbocycles. The Morgan fingerprint density at radius 3 is 2.59 bits per heavy atom. The molecule has 0 unspecified atom stereocenters. The van der Waals surface area contributed by atoms with Gasteiger partial charge in [0.2, 0.25) is 0 Å². The van der Waals surface area contributed by atoms with E-state index in [0.29, 0.717) is 12.1 Å². The molecule has 0 saturated carbocycles. The van der Waals surface area contributed by atoms with Crippen molar-refractivity contribution < 1.29 is 4.79 Å². The Morgan fingerprint density at radius 2 is 1.72 bits per heavy atom. The smallest absolute Gasteiger partial charge is 0.259 e. The number of benzene rings is 3. The van der Waals surface area contributed by atoms with Crippen LogP contribution in [0.1, 0.15) is 27.0 Å². The Hall–Kier alpha value is -3.46. The van der Waals surface area contributed by atoms with Crippen molar-refractivity contribution in [1.29, 1.82) is 0 Å². The van der Waals surface area contributed by atoms with Crippen molar-refractivity contribution in [3.63, 3.8) is 0 Å². The average Bonchev–Trinajstić information content (AvgIpc) is 3.16. The van der Waals surface area contributed by atoms with Gasteiger partial charge >= 0.3 is 0 Å². The minimum Gasteiger partial charge on any atom is -0.308 e. The molecule has 142 valence electrons. The Balaban J connectivity index is 1.68. The molecular weight excluding hydrogens is 356 g/mol. The van der Waals surface area contributed by atoms with Crippen LogP contribution in [-0.2, 0) is 6.42 Å². The summed E-state index contributed by atoms with van der Waals surface area (Å²) in [5.41, 5.74) is 8.10. The first-order valence-electron chi connectivity index (χ1n) is 9.99. The molecular formula is C26H22N2O. The van der Waals surface area contributed by atoms with E-state index in [2.05, 4.69) is 38.1 Å². The third kappa shape index (κ3) is 2.99. The Labute approximate surface area is 170 Å². The largest absolute Gasteiger partial charge is 0.308 e. The third-order valence-electron chi connectivity index (χ3n) is 5.74. The summed E-state index contributed by atoms with van der Waals surface area (Å²) in [5.74, 6) is 0.0413. The Bertz CT molecular complexity index is 1260. The summed E-state index contributed by atoms with van der Waals surface area (Å²) in [6.07, 6.45) is 0.898. The topological polar surface area (TPSA) is 33.2 Å². The highest BCUT2D eigenvalue weighted by molar-refractivity contribution is 6.15. The maximum atomic E-state index is 13.6. The second-order valence-electron chi connectivity index (χ2n) is 7.73. The van der Waals surface area contributed by atoms with Crippen LogP contribution in [0.25, 0.3) is 22.2 Å². The zero-order valence-electron chi connectivity index (χ0n) is 16.6. The predicted octanol–water partition coefficient (Wildman–Crippen LogP) is 5.72. The van der Waals surface area contributed by atoms with Gasteiger partial charge < -0.3 is 4.90 Å². The maximum Gasteiger partial charge on any atom is 0.259 e. The number of amides is 1. The van der Waals surface area contributed by atoms with Crippen molar-refractivity contribution in [2.75, 3.05) is 11.4 Å². The molecule has 1 aliphatic heterocycles. The van der Waals surface area contributed by atoms with E-state index in [-0.39, 0.29) is 5.91 Å². The van der Waals surface area contributed by atoms with Gasteiger partial charge in [0.25, 0.3) is 5.91 Å². The SMILES string of the molecule is Cc1ccc(-c2cc(C(=O)N3CCc4ccccc43)c3ccccc3n2)c(C)c1. The van der Waals surface area contributed by atoms with E-state index in [0.717, 1.165) is 39.8 Å². The molecule has 0 spiro atoms. The lowest BCUT2D eigenvalue weighted by Gasteiger charge is -2.19. The molecule has 0 saturated heterocycles. The van der Waals surface area contributed by atoms with Crippen molar-refractivity contribution in [3.05, 3.63) is 95.1 Å². The molecule has 0 radical (unpaired) electrons. The summed E-state index contributed by atoms with van der Waals surface area (Å²) in [5, 5.41) is 0.899. The van der Waals surface area contributed by atoms with Crippen molar-refractivity contribution in [3.8, 4) is 11.3 Å². The second-order valence-corrected chi connectivity index (χ2v) is 7.73. The summed E-state index contributed by atoms with van der Waals surface area (Å²) in [6, 6.07) is 24.4. The van der Waals surface area contributed by atoms with Crippen LogP contribution in [0, 0.1) is 13.8 Å². The molecule has 3 aromatic carbocycles. The molecule has 1 amide bonds. The number of rotatable bonds is 2. The number of anilines is 1. The quantitative estimate of drug-likeness (QED) is 0.447. The minimum absolute atomic E-state index is 0.0413. The number of aryl methyl sites for hydroxylation is 2. The fourth-order valence-electron chi connectivity index (χ4n) is 4.29. The zero-order valence-corrected chi connectivity index (χ0v) is 16.6. The number of carbonyl (C=O) groups excluding carboxylic acids is 1. The highest BCUT2D eigenvalue weighted by Crippen LogP contribution is 2.32. The number of carbonyl (C=O) groups is 1. The Kier molecular flexibility index (Phi) is 4.17. The molecule has 0 N–H and O–H groups in total. The van der Waals surface area contributed by atoms with Gasteiger partial charge in [-0.25, -0.2) is 4.98 Å². The van der Waals surface area contributed by atoms with Crippen molar-refractivity contribution in [2.45, 2.75) is 20.3 Å². The van der Waals surface area contributed by atoms with Gasteiger partial charge in [0.1, 0.15) is 0 Å². The third-order valence-corrected chi connectivity index (χ3v) is 5.74. The lowest BCUT2D eigenvalue weighted by molar-refractivity contribution is 0.0991. The van der Waals surface area contributed by atoms with Crippen molar-refractivity contribution in [1.82, 2.24) is 4.98 Å². The number of hydrogen-bond acceptors (Lipinski definition) is 2. The van der Waals surface area contributed by atoms with E-state index in [9.17, 15) is 4.79 Å². The summed E-state index contributed by atoms with van der Waals surface area (Å²) >= 11 is 0. The van der Waals surface area contributed by atoms with Crippen LogP contribution in [-0.4, -0.2) is 17.4 Å². The molecule has 0 fully saturated rings. The fraction of sp³-hybridized carbons (Fsp3) is 0.154. The van der Waals surface area contributed by atoms with E-state index >= 15 is 0 Å². The van der Waals surface area contributed by atoms with Crippen molar-refractivity contribution >= 4 is 22.5 Å². The van der Waals surface area contributed by atoms with Crippen LogP contribution in [0.2, 0.25) is 0 Å². The molecule has 2 heterocycles. The van der Waals surface area contributed by atoms with Crippen LogP contribution in [0.15, 0.2) is 72.8 Å². The minimum atomic E-state index is 0.0413. The standard InChI is InChI=1S/C26H22N2O/c1-17-11-12-20(18(2)15-17)24-16-22(21-8-4-5-9-23(21)27-24)26(29)28-14-13-19-7-3-6-10-25(19)28/h3-12,15-16H,13-14H2,1-2H3. The Morgan fingerprint density at radius 1 is 0.931 bits per heavy atom. The maximum absolute atomic E-state index is 13.6. The van der Waals surface area contributed by atoms with Gasteiger partial charge in [-0.1, -0.05) is 60.2 Å². The monoisotopic (exact) mass is 378 g/mol. The van der Waals surface area contributed by atoms with Gasteiger partial charge in [-0.05, 0) is 49.6 Å². The van der Waals surface area contributed by atoms with Gasteiger partial charge in [0.15, 0.2) is 0 Å². The van der Waals surface area contributed by atoms with Gasteiger partial charge in [0, 0.05) is 23.2 Å². The molecule has 4 aromatic rings. The van der Waals surface area contributed by atoms with E-state index in [1.807, 2.05) is 53.4 Å². The second kappa shape index (κ2) is 6.85. The van der Waals surface area contributed by atoms with Crippen LogP contribution in [0.5, 0.6) is 0 Å². The highest BCUT2D eigenvalue weighted by Gasteiger charge is 2.27. The van der Waals surface area contributed by atoms with E-state index < -0.39 is 0 Å². The van der Waals surface area contributed by atoms with Crippen LogP contribution >= 0.6 is 0 Å². The highest BCUT2D eigenvalue weighted by atomic mass is 16.2.